The number of benzene rings is 1. The molecule has 0 aliphatic carbocycles. The number of likely N-dealkylation sites (tertiary alicyclic amines) is 1. The van der Waals surface area contributed by atoms with Crippen LogP contribution in [0, 0.1) is 5.82 Å². The van der Waals surface area contributed by atoms with Crippen LogP contribution in [-0.2, 0) is 20.9 Å². The molecule has 3 aliphatic heterocycles. The van der Waals surface area contributed by atoms with Gasteiger partial charge in [0.1, 0.15) is 11.9 Å². The average Bonchev–Trinajstić information content (AvgIpc) is 3.34. The molecule has 2 atom stereocenters. The van der Waals surface area contributed by atoms with Crippen molar-refractivity contribution in [1.82, 2.24) is 15.1 Å². The number of carbonyl (C=O) groups is 4. The fraction of sp³-hybridized carbons (Fsp3) is 0.545. The summed E-state index contributed by atoms with van der Waals surface area (Å²) in [6.07, 6.45) is 2.43. The monoisotopic (exact) mass is 431 g/mol. The average molecular weight is 431 g/mol. The van der Waals surface area contributed by atoms with Crippen molar-refractivity contribution in [2.45, 2.75) is 57.5 Å². The number of halogens is 1. The lowest BCUT2D eigenvalue weighted by Crippen LogP contribution is -2.52. The van der Waals surface area contributed by atoms with Gasteiger partial charge >= 0.3 is 6.09 Å². The van der Waals surface area contributed by atoms with Gasteiger partial charge in [0.05, 0.1) is 6.61 Å². The number of hydrogen-bond acceptors (Lipinski definition) is 5. The van der Waals surface area contributed by atoms with Crippen molar-refractivity contribution in [1.29, 1.82) is 0 Å². The normalized spacial score (nSPS) is 23.2. The zero-order chi connectivity index (χ0) is 22.1. The first-order valence-electron chi connectivity index (χ1n) is 10.8. The molecule has 3 aliphatic rings. The Labute approximate surface area is 179 Å². The van der Waals surface area contributed by atoms with Crippen LogP contribution in [0.1, 0.15) is 66.4 Å². The standard InChI is InChI=1S/C22H26FN3O5/c1-2-3-8-31-22(30)25-7-6-13(11-25)15-9-14(23)10-16-17(15)12-26(21(16)29)18-4-5-19(27)24-20(18)28/h9-10,13,18H,2-8,11-12H2,1H3,(H,24,27,28). The van der Waals surface area contributed by atoms with E-state index in [1.165, 1.54) is 17.0 Å². The van der Waals surface area contributed by atoms with Crippen molar-refractivity contribution in [2.24, 2.45) is 0 Å². The second kappa shape index (κ2) is 8.64. The van der Waals surface area contributed by atoms with Crippen molar-refractivity contribution in [3.8, 4) is 0 Å². The molecule has 1 aromatic carbocycles. The molecule has 2 unspecified atom stereocenters. The van der Waals surface area contributed by atoms with Crippen LogP contribution in [0.2, 0.25) is 0 Å². The zero-order valence-electron chi connectivity index (χ0n) is 17.5. The van der Waals surface area contributed by atoms with Crippen molar-refractivity contribution in [3.63, 3.8) is 0 Å². The maximum Gasteiger partial charge on any atom is 0.409 e. The lowest BCUT2D eigenvalue weighted by molar-refractivity contribution is -0.136. The molecule has 3 heterocycles. The fourth-order valence-corrected chi connectivity index (χ4v) is 4.59. The Morgan fingerprint density at radius 1 is 1.26 bits per heavy atom. The zero-order valence-corrected chi connectivity index (χ0v) is 17.5. The third-order valence-electron chi connectivity index (χ3n) is 6.26. The van der Waals surface area contributed by atoms with E-state index in [0.29, 0.717) is 37.2 Å². The first-order valence-corrected chi connectivity index (χ1v) is 10.8. The van der Waals surface area contributed by atoms with E-state index in [2.05, 4.69) is 5.32 Å². The van der Waals surface area contributed by atoms with Crippen LogP contribution in [0.3, 0.4) is 0 Å². The minimum Gasteiger partial charge on any atom is -0.449 e. The number of fused-ring (bicyclic) bond motifs is 1. The number of hydrogen-bond donors (Lipinski definition) is 1. The molecule has 4 rings (SSSR count). The van der Waals surface area contributed by atoms with Crippen molar-refractivity contribution in [3.05, 3.63) is 34.6 Å². The van der Waals surface area contributed by atoms with Gasteiger partial charge in [-0.05, 0) is 42.5 Å². The number of imide groups is 1. The van der Waals surface area contributed by atoms with E-state index in [-0.39, 0.29) is 42.9 Å². The Hall–Kier alpha value is -2.97. The highest BCUT2D eigenvalue weighted by Gasteiger charge is 2.41. The first-order chi connectivity index (χ1) is 14.9. The molecule has 2 saturated heterocycles. The summed E-state index contributed by atoms with van der Waals surface area (Å²) in [6.45, 7) is 3.48. The lowest BCUT2D eigenvalue weighted by Gasteiger charge is -2.29. The number of nitrogens with zero attached hydrogens (tertiary/aromatic N) is 2. The van der Waals surface area contributed by atoms with Gasteiger partial charge in [-0.15, -0.1) is 0 Å². The highest BCUT2D eigenvalue weighted by molar-refractivity contribution is 6.05. The van der Waals surface area contributed by atoms with E-state index in [1.807, 2.05) is 6.92 Å². The second-order valence-electron chi connectivity index (χ2n) is 8.32. The highest BCUT2D eigenvalue weighted by atomic mass is 19.1. The number of piperidine rings is 1. The van der Waals surface area contributed by atoms with Crippen LogP contribution < -0.4 is 5.32 Å². The molecule has 4 amide bonds. The summed E-state index contributed by atoms with van der Waals surface area (Å²) in [5, 5.41) is 2.27. The Morgan fingerprint density at radius 2 is 2.06 bits per heavy atom. The molecule has 1 N–H and O–H groups in total. The molecule has 2 fully saturated rings. The van der Waals surface area contributed by atoms with E-state index in [9.17, 15) is 23.6 Å². The van der Waals surface area contributed by atoms with Crippen molar-refractivity contribution < 1.29 is 28.3 Å². The van der Waals surface area contributed by atoms with Crippen molar-refractivity contribution in [2.75, 3.05) is 19.7 Å². The summed E-state index contributed by atoms with van der Waals surface area (Å²) in [6, 6.07) is 1.89. The van der Waals surface area contributed by atoms with Crippen LogP contribution in [0.25, 0.3) is 0 Å². The molecule has 31 heavy (non-hydrogen) atoms. The number of nitrogens with one attached hydrogen (secondary N) is 1. The summed E-state index contributed by atoms with van der Waals surface area (Å²) in [4.78, 5) is 52.0. The number of ether oxygens (including phenoxy) is 1. The van der Waals surface area contributed by atoms with E-state index < -0.39 is 23.7 Å². The maximum atomic E-state index is 14.4. The van der Waals surface area contributed by atoms with E-state index in [1.54, 1.807) is 4.90 Å². The molecular formula is C22H26FN3O5. The molecule has 0 saturated carbocycles. The molecule has 0 aromatic heterocycles. The molecule has 0 bridgehead atoms. The smallest absolute Gasteiger partial charge is 0.409 e. The largest absolute Gasteiger partial charge is 0.449 e. The fourth-order valence-electron chi connectivity index (χ4n) is 4.59. The predicted molar refractivity (Wildman–Crippen MR) is 108 cm³/mol. The van der Waals surface area contributed by atoms with E-state index in [0.717, 1.165) is 12.8 Å². The van der Waals surface area contributed by atoms with E-state index >= 15 is 0 Å². The Morgan fingerprint density at radius 3 is 2.81 bits per heavy atom. The van der Waals surface area contributed by atoms with Gasteiger partial charge in [-0.1, -0.05) is 13.3 Å². The highest BCUT2D eigenvalue weighted by Crippen LogP contribution is 2.37. The number of amides is 4. The lowest BCUT2D eigenvalue weighted by atomic mass is 9.91. The van der Waals surface area contributed by atoms with Gasteiger partial charge in [0.25, 0.3) is 5.91 Å². The summed E-state index contributed by atoms with van der Waals surface area (Å²) >= 11 is 0. The molecule has 8 nitrogen and oxygen atoms in total. The summed E-state index contributed by atoms with van der Waals surface area (Å²) in [5.74, 6) is -1.89. The molecule has 0 spiro atoms. The van der Waals surface area contributed by atoms with Crippen LogP contribution in [0.5, 0.6) is 0 Å². The minimum absolute atomic E-state index is 0.113. The predicted octanol–water partition coefficient (Wildman–Crippen LogP) is 2.31. The SMILES string of the molecule is CCCCOC(=O)N1CCC(c2cc(F)cc3c2CN(C2CCC(=O)NC2=O)C3=O)C1. The molecule has 1 aromatic rings. The number of rotatable bonds is 5. The number of carbonyl (C=O) groups excluding carboxylic acids is 4. The third kappa shape index (κ3) is 4.13. The van der Waals surface area contributed by atoms with Crippen LogP contribution in [0.15, 0.2) is 12.1 Å². The summed E-state index contributed by atoms with van der Waals surface area (Å²) < 4.78 is 19.7. The molecular weight excluding hydrogens is 405 g/mol. The molecule has 9 heteroatoms. The Balaban J connectivity index is 1.52. The Kier molecular flexibility index (Phi) is 5.93. The summed E-state index contributed by atoms with van der Waals surface area (Å²) in [7, 11) is 0. The minimum atomic E-state index is -0.748. The van der Waals surface area contributed by atoms with E-state index in [4.69, 9.17) is 4.74 Å². The van der Waals surface area contributed by atoms with Crippen molar-refractivity contribution >= 4 is 23.8 Å². The molecule has 0 radical (unpaired) electrons. The van der Waals surface area contributed by atoms with Gasteiger partial charge in [-0.2, -0.15) is 0 Å². The van der Waals surface area contributed by atoms with Gasteiger partial charge < -0.3 is 14.5 Å². The maximum absolute atomic E-state index is 14.4. The first kappa shape index (κ1) is 21.3. The summed E-state index contributed by atoms with van der Waals surface area (Å²) in [5.41, 5.74) is 1.65. The third-order valence-corrected chi connectivity index (χ3v) is 6.26. The van der Waals surface area contributed by atoms with Crippen LogP contribution in [0.4, 0.5) is 9.18 Å². The van der Waals surface area contributed by atoms with Gasteiger partial charge in [0, 0.05) is 37.5 Å². The van der Waals surface area contributed by atoms with Gasteiger partial charge in [0.15, 0.2) is 0 Å². The van der Waals surface area contributed by atoms with Gasteiger partial charge in [0.2, 0.25) is 11.8 Å². The number of unbranched alkanes of at least 4 members (excludes halogenated alkanes) is 1. The topological polar surface area (TPSA) is 96.0 Å². The quantitative estimate of drug-likeness (QED) is 0.570. The second-order valence-corrected chi connectivity index (χ2v) is 8.32. The van der Waals surface area contributed by atoms with Crippen LogP contribution >= 0.6 is 0 Å². The Bertz CT molecular complexity index is 934. The molecule has 166 valence electrons. The van der Waals surface area contributed by atoms with Crippen LogP contribution in [-0.4, -0.2) is 59.4 Å². The van der Waals surface area contributed by atoms with Gasteiger partial charge in [-0.3, -0.25) is 19.7 Å². The van der Waals surface area contributed by atoms with Gasteiger partial charge in [-0.25, -0.2) is 9.18 Å².